The molecule has 0 bridgehead atoms. The number of rotatable bonds is 5. The number of ether oxygens (including phenoxy) is 1. The van der Waals surface area contributed by atoms with E-state index >= 15 is 0 Å². The summed E-state index contributed by atoms with van der Waals surface area (Å²) in [6.45, 7) is 0. The number of hydrogen-bond acceptors (Lipinski definition) is 5. The van der Waals surface area contributed by atoms with E-state index in [4.69, 9.17) is 0 Å². The third kappa shape index (κ3) is 5.89. The number of halogens is 3. The van der Waals surface area contributed by atoms with Crippen molar-refractivity contribution in [2.45, 2.75) is 6.36 Å². The maximum Gasteiger partial charge on any atom is 0.573 e. The lowest BCUT2D eigenvalue weighted by Crippen LogP contribution is -2.33. The predicted octanol–water partition coefficient (Wildman–Crippen LogP) is 3.64. The highest BCUT2D eigenvalue weighted by atomic mass is 19.4. The number of hydrazine groups is 1. The van der Waals surface area contributed by atoms with Crippen molar-refractivity contribution < 1.29 is 27.6 Å². The van der Waals surface area contributed by atoms with Gasteiger partial charge in [-0.3, -0.25) is 21.0 Å². The first-order valence-corrected chi connectivity index (χ1v) is 6.66. The number of nitrogens with zero attached hydrogens (tertiary/aromatic N) is 1. The molecular formula is C14H11F3N4O4. The molecule has 2 amide bonds. The zero-order valence-electron chi connectivity index (χ0n) is 12.3. The first-order chi connectivity index (χ1) is 11.7. The van der Waals surface area contributed by atoms with Gasteiger partial charge in [-0.2, -0.15) is 0 Å². The SMILES string of the molecule is O=C(NNc1ccc(OC(F)(F)F)cc1)Nc1ccc([N+](=O)[O-])cc1. The third-order valence-corrected chi connectivity index (χ3v) is 2.74. The number of nitrogens with one attached hydrogen (secondary N) is 3. The molecule has 2 rings (SSSR count). The summed E-state index contributed by atoms with van der Waals surface area (Å²) in [5, 5.41) is 12.9. The minimum Gasteiger partial charge on any atom is -0.406 e. The molecule has 0 aliphatic rings. The summed E-state index contributed by atoms with van der Waals surface area (Å²) in [4.78, 5) is 21.6. The quantitative estimate of drug-likeness (QED) is 0.560. The highest BCUT2D eigenvalue weighted by Crippen LogP contribution is 2.23. The van der Waals surface area contributed by atoms with Crippen LogP contribution in [0.1, 0.15) is 0 Å². The number of non-ortho nitro benzene ring substituents is 1. The molecule has 0 spiro atoms. The van der Waals surface area contributed by atoms with E-state index in [1.807, 2.05) is 0 Å². The number of hydrogen-bond donors (Lipinski definition) is 3. The Morgan fingerprint density at radius 2 is 1.56 bits per heavy atom. The number of nitro groups is 1. The van der Waals surface area contributed by atoms with Crippen molar-refractivity contribution in [3.05, 3.63) is 58.6 Å². The number of carbonyl (C=O) groups is 1. The van der Waals surface area contributed by atoms with Crippen LogP contribution in [-0.4, -0.2) is 17.3 Å². The third-order valence-electron chi connectivity index (χ3n) is 2.74. The monoisotopic (exact) mass is 356 g/mol. The van der Waals surface area contributed by atoms with Crippen LogP contribution in [0.2, 0.25) is 0 Å². The van der Waals surface area contributed by atoms with Gasteiger partial charge in [0.05, 0.1) is 10.6 Å². The molecule has 0 aliphatic carbocycles. The zero-order chi connectivity index (χ0) is 18.4. The summed E-state index contributed by atoms with van der Waals surface area (Å²) >= 11 is 0. The first kappa shape index (κ1) is 17.8. The van der Waals surface area contributed by atoms with Gasteiger partial charge >= 0.3 is 12.4 Å². The second-order valence-electron chi connectivity index (χ2n) is 4.58. The Bertz CT molecular complexity index is 748. The number of benzene rings is 2. The van der Waals surface area contributed by atoms with Crippen LogP contribution < -0.4 is 20.9 Å². The Labute approximate surface area is 138 Å². The molecule has 2 aromatic rings. The smallest absolute Gasteiger partial charge is 0.406 e. The highest BCUT2D eigenvalue weighted by molar-refractivity contribution is 5.90. The van der Waals surface area contributed by atoms with Crippen LogP contribution in [0.15, 0.2) is 48.5 Å². The van der Waals surface area contributed by atoms with Crippen LogP contribution in [0.4, 0.5) is 35.0 Å². The minimum absolute atomic E-state index is 0.120. The molecule has 11 heteroatoms. The second-order valence-corrected chi connectivity index (χ2v) is 4.58. The summed E-state index contributed by atoms with van der Waals surface area (Å²) < 4.78 is 39.8. The van der Waals surface area contributed by atoms with Crippen LogP contribution in [0.5, 0.6) is 5.75 Å². The van der Waals surface area contributed by atoms with Gasteiger partial charge in [0.15, 0.2) is 0 Å². The van der Waals surface area contributed by atoms with Gasteiger partial charge in [0.2, 0.25) is 0 Å². The number of amides is 2. The average Bonchev–Trinajstić information content (AvgIpc) is 2.53. The van der Waals surface area contributed by atoms with E-state index in [2.05, 4.69) is 20.9 Å². The molecule has 8 nitrogen and oxygen atoms in total. The maximum absolute atomic E-state index is 12.0. The van der Waals surface area contributed by atoms with Crippen molar-refractivity contribution in [3.63, 3.8) is 0 Å². The Kier molecular flexibility index (Phi) is 5.27. The second kappa shape index (κ2) is 7.38. The number of carbonyl (C=O) groups excluding carboxylic acids is 1. The van der Waals surface area contributed by atoms with Gasteiger partial charge in [0, 0.05) is 17.8 Å². The molecular weight excluding hydrogens is 345 g/mol. The van der Waals surface area contributed by atoms with Crippen LogP contribution >= 0.6 is 0 Å². The van der Waals surface area contributed by atoms with E-state index in [0.29, 0.717) is 11.4 Å². The first-order valence-electron chi connectivity index (χ1n) is 6.66. The fourth-order valence-corrected chi connectivity index (χ4v) is 1.70. The van der Waals surface area contributed by atoms with Gasteiger partial charge in [0.25, 0.3) is 5.69 Å². The molecule has 0 saturated heterocycles. The summed E-state index contributed by atoms with van der Waals surface area (Å²) in [6.07, 6.45) is -4.78. The van der Waals surface area contributed by atoms with Gasteiger partial charge in [-0.05, 0) is 36.4 Å². The summed E-state index contributed by atoms with van der Waals surface area (Å²) in [5.74, 6) is -0.395. The molecule has 0 unspecified atom stereocenters. The minimum atomic E-state index is -4.78. The van der Waals surface area contributed by atoms with Crippen LogP contribution in [0.3, 0.4) is 0 Å². The van der Waals surface area contributed by atoms with Crippen molar-refractivity contribution in [1.82, 2.24) is 5.43 Å². The molecule has 25 heavy (non-hydrogen) atoms. The lowest BCUT2D eigenvalue weighted by molar-refractivity contribution is -0.384. The molecule has 3 N–H and O–H groups in total. The zero-order valence-corrected chi connectivity index (χ0v) is 12.3. The van der Waals surface area contributed by atoms with E-state index in [1.54, 1.807) is 0 Å². The number of nitro benzene ring substituents is 1. The Balaban J connectivity index is 1.84. The maximum atomic E-state index is 12.0. The van der Waals surface area contributed by atoms with Gasteiger partial charge < -0.3 is 10.1 Å². The van der Waals surface area contributed by atoms with Gasteiger partial charge in [0.1, 0.15) is 5.75 Å². The summed E-state index contributed by atoms with van der Waals surface area (Å²) in [5.41, 5.74) is 5.24. The van der Waals surface area contributed by atoms with Gasteiger partial charge in [-0.25, -0.2) is 4.79 Å². The van der Waals surface area contributed by atoms with Crippen molar-refractivity contribution in [2.24, 2.45) is 0 Å². The van der Waals surface area contributed by atoms with Gasteiger partial charge in [-0.1, -0.05) is 0 Å². The lowest BCUT2D eigenvalue weighted by Gasteiger charge is -2.11. The van der Waals surface area contributed by atoms with Gasteiger partial charge in [-0.15, -0.1) is 13.2 Å². The van der Waals surface area contributed by atoms with Crippen LogP contribution in [-0.2, 0) is 0 Å². The molecule has 0 aliphatic heterocycles. The Morgan fingerprint density at radius 1 is 1.00 bits per heavy atom. The normalized spacial score (nSPS) is 10.7. The largest absolute Gasteiger partial charge is 0.573 e. The highest BCUT2D eigenvalue weighted by Gasteiger charge is 2.30. The summed E-state index contributed by atoms with van der Waals surface area (Å²) in [6, 6.07) is 9.16. The molecule has 2 aromatic carbocycles. The van der Waals surface area contributed by atoms with E-state index in [1.165, 1.54) is 36.4 Å². The van der Waals surface area contributed by atoms with E-state index in [9.17, 15) is 28.1 Å². The molecule has 0 aromatic heterocycles. The molecule has 0 saturated carbocycles. The van der Waals surface area contributed by atoms with Crippen molar-refractivity contribution >= 4 is 23.1 Å². The predicted molar refractivity (Wildman–Crippen MR) is 82.0 cm³/mol. The molecule has 0 heterocycles. The molecule has 0 radical (unpaired) electrons. The Morgan fingerprint density at radius 3 is 2.08 bits per heavy atom. The molecule has 0 atom stereocenters. The number of alkyl halides is 3. The fraction of sp³-hybridized carbons (Fsp3) is 0.0714. The van der Waals surface area contributed by atoms with Crippen LogP contribution in [0.25, 0.3) is 0 Å². The molecule has 0 fully saturated rings. The number of urea groups is 1. The van der Waals surface area contributed by atoms with Crippen molar-refractivity contribution in [2.75, 3.05) is 10.7 Å². The Hall–Kier alpha value is -3.50. The topological polar surface area (TPSA) is 106 Å². The van der Waals surface area contributed by atoms with Crippen molar-refractivity contribution in [1.29, 1.82) is 0 Å². The summed E-state index contributed by atoms with van der Waals surface area (Å²) in [7, 11) is 0. The van der Waals surface area contributed by atoms with E-state index in [-0.39, 0.29) is 5.69 Å². The standard InChI is InChI=1S/C14H11F3N4O4/c15-14(16,17)25-12-7-3-10(4-8-12)19-20-13(22)18-9-1-5-11(6-2-9)21(23)24/h1-8,19H,(H2,18,20,22). The average molecular weight is 356 g/mol. The van der Waals surface area contributed by atoms with E-state index in [0.717, 1.165) is 12.1 Å². The van der Waals surface area contributed by atoms with E-state index < -0.39 is 23.1 Å². The molecule has 132 valence electrons. The number of anilines is 2. The fourth-order valence-electron chi connectivity index (χ4n) is 1.70. The lowest BCUT2D eigenvalue weighted by atomic mass is 10.3. The van der Waals surface area contributed by atoms with Crippen molar-refractivity contribution in [3.8, 4) is 5.75 Å². The van der Waals surface area contributed by atoms with Crippen LogP contribution in [0, 0.1) is 10.1 Å².